The lowest BCUT2D eigenvalue weighted by Gasteiger charge is -2.34. The van der Waals surface area contributed by atoms with Crippen molar-refractivity contribution in [3.8, 4) is 5.75 Å². The third kappa shape index (κ3) is 5.19. The van der Waals surface area contributed by atoms with Crippen molar-refractivity contribution in [1.82, 2.24) is 9.88 Å². The number of anilines is 1. The number of piperazine rings is 1. The highest BCUT2D eigenvalue weighted by Gasteiger charge is 2.35. The average Bonchev–Trinajstić information content (AvgIpc) is 3.02. The third-order valence-corrected chi connectivity index (χ3v) is 4.81. The summed E-state index contributed by atoms with van der Waals surface area (Å²) in [6.45, 7) is 6.78. The van der Waals surface area contributed by atoms with E-state index in [0.29, 0.717) is 30.7 Å². The van der Waals surface area contributed by atoms with Gasteiger partial charge in [0.05, 0.1) is 9.50 Å². The van der Waals surface area contributed by atoms with E-state index in [1.54, 1.807) is 30.6 Å². The molecule has 1 saturated heterocycles. The largest absolute Gasteiger partial charge is 0.573 e. The highest BCUT2D eigenvalue weighted by atomic mass is 79.9. The second-order valence-corrected chi connectivity index (χ2v) is 8.61. The molecule has 3 rings (SSSR count). The first kappa shape index (κ1) is 21.8. The summed E-state index contributed by atoms with van der Waals surface area (Å²) in [6, 6.07) is 1.36. The topological polar surface area (TPSA) is 68.0 Å². The van der Waals surface area contributed by atoms with Crippen LogP contribution in [0.15, 0.2) is 15.0 Å². The van der Waals surface area contributed by atoms with Gasteiger partial charge in [0, 0.05) is 26.2 Å². The minimum atomic E-state index is -4.93. The van der Waals surface area contributed by atoms with Gasteiger partial charge in [0.1, 0.15) is 5.60 Å². The third-order valence-electron chi connectivity index (χ3n) is 3.94. The van der Waals surface area contributed by atoms with Crippen LogP contribution in [0.4, 0.5) is 24.0 Å². The molecule has 0 aliphatic carbocycles. The number of carbonyl (C=O) groups excluding carboxylic acids is 1. The quantitative estimate of drug-likeness (QED) is 0.565. The Hall–Kier alpha value is -1.88. The number of ether oxygens (including phenoxy) is 2. The molecular weight excluding hydrogens is 483 g/mol. The Kier molecular flexibility index (Phi) is 5.83. The molecule has 0 bridgehead atoms. The van der Waals surface area contributed by atoms with Gasteiger partial charge in [-0.2, -0.15) is 4.98 Å². The van der Waals surface area contributed by atoms with Gasteiger partial charge in [0.2, 0.25) is 0 Å². The van der Waals surface area contributed by atoms with Crippen LogP contribution in [-0.2, 0) is 4.74 Å². The van der Waals surface area contributed by atoms with Crippen molar-refractivity contribution in [3.63, 3.8) is 0 Å². The van der Waals surface area contributed by atoms with Crippen molar-refractivity contribution >= 4 is 50.7 Å². The molecule has 1 aromatic carbocycles. The van der Waals surface area contributed by atoms with Crippen molar-refractivity contribution in [2.45, 2.75) is 32.7 Å². The summed E-state index contributed by atoms with van der Waals surface area (Å²) >= 11 is 9.12. The molecule has 7 nitrogen and oxygen atoms in total. The zero-order chi connectivity index (χ0) is 21.6. The minimum absolute atomic E-state index is 0.0817. The zero-order valence-electron chi connectivity index (χ0n) is 15.8. The van der Waals surface area contributed by atoms with Gasteiger partial charge in [-0.1, -0.05) is 11.6 Å². The first-order valence-corrected chi connectivity index (χ1v) is 9.78. The average molecular weight is 501 g/mol. The lowest BCUT2D eigenvalue weighted by atomic mass is 10.2. The molecule has 29 heavy (non-hydrogen) atoms. The van der Waals surface area contributed by atoms with E-state index in [4.69, 9.17) is 20.8 Å². The van der Waals surface area contributed by atoms with Crippen LogP contribution >= 0.6 is 27.5 Å². The Balaban J connectivity index is 1.81. The van der Waals surface area contributed by atoms with E-state index in [-0.39, 0.29) is 22.1 Å². The van der Waals surface area contributed by atoms with Gasteiger partial charge in [0.25, 0.3) is 6.01 Å². The Morgan fingerprint density at radius 1 is 1.24 bits per heavy atom. The SMILES string of the molecule is CC(C)(C)OC(=O)N1CCN(c2nc3c(OC(F)(F)F)c(Cl)cc(Br)c3o2)CC1. The number of rotatable bonds is 2. The number of hydrogen-bond acceptors (Lipinski definition) is 6. The van der Waals surface area contributed by atoms with Gasteiger partial charge in [-0.3, -0.25) is 0 Å². The highest BCUT2D eigenvalue weighted by Crippen LogP contribution is 2.42. The molecular formula is C17H18BrClF3N3O4. The van der Waals surface area contributed by atoms with Crippen LogP contribution in [0.1, 0.15) is 20.8 Å². The molecule has 0 saturated carbocycles. The molecule has 1 fully saturated rings. The van der Waals surface area contributed by atoms with E-state index in [0.717, 1.165) is 0 Å². The molecule has 0 unspecified atom stereocenters. The summed E-state index contributed by atoms with van der Waals surface area (Å²) in [6.07, 6.45) is -5.35. The van der Waals surface area contributed by atoms with Crippen LogP contribution in [0.5, 0.6) is 5.75 Å². The number of aromatic nitrogens is 1. The van der Waals surface area contributed by atoms with Crippen LogP contribution in [0.25, 0.3) is 11.1 Å². The molecule has 12 heteroatoms. The Morgan fingerprint density at radius 3 is 2.41 bits per heavy atom. The van der Waals surface area contributed by atoms with Gasteiger partial charge in [0.15, 0.2) is 16.8 Å². The molecule has 0 atom stereocenters. The fourth-order valence-electron chi connectivity index (χ4n) is 2.73. The normalized spacial score (nSPS) is 15.7. The molecule has 1 aliphatic heterocycles. The van der Waals surface area contributed by atoms with E-state index in [1.807, 2.05) is 0 Å². The summed E-state index contributed by atoms with van der Waals surface area (Å²) in [5.74, 6) is -0.625. The fraction of sp³-hybridized carbons (Fsp3) is 0.529. The van der Waals surface area contributed by atoms with Crippen LogP contribution in [0.2, 0.25) is 5.02 Å². The van der Waals surface area contributed by atoms with Gasteiger partial charge in [-0.05, 0) is 42.8 Å². The monoisotopic (exact) mass is 499 g/mol. The number of fused-ring (bicyclic) bond motifs is 1. The van der Waals surface area contributed by atoms with Crippen LogP contribution in [0.3, 0.4) is 0 Å². The second-order valence-electron chi connectivity index (χ2n) is 7.35. The first-order valence-electron chi connectivity index (χ1n) is 8.61. The Labute approximate surface area is 177 Å². The van der Waals surface area contributed by atoms with Crippen LogP contribution in [-0.4, -0.2) is 54.1 Å². The molecule has 0 spiro atoms. The lowest BCUT2D eigenvalue weighted by molar-refractivity contribution is -0.274. The van der Waals surface area contributed by atoms with Crippen molar-refractivity contribution < 1.29 is 31.9 Å². The number of benzene rings is 1. The molecule has 0 radical (unpaired) electrons. The first-order chi connectivity index (χ1) is 13.3. The van der Waals surface area contributed by atoms with E-state index in [9.17, 15) is 18.0 Å². The Bertz CT molecular complexity index is 921. The summed E-state index contributed by atoms with van der Waals surface area (Å²) < 4.78 is 53.6. The molecule has 160 valence electrons. The number of alkyl halides is 3. The van der Waals surface area contributed by atoms with E-state index in [2.05, 4.69) is 25.7 Å². The number of hydrogen-bond donors (Lipinski definition) is 0. The highest BCUT2D eigenvalue weighted by molar-refractivity contribution is 9.10. The number of oxazole rings is 1. The molecule has 0 N–H and O–H groups in total. The molecule has 1 amide bonds. The number of halogens is 5. The van der Waals surface area contributed by atoms with Gasteiger partial charge in [-0.25, -0.2) is 4.79 Å². The van der Waals surface area contributed by atoms with E-state index in [1.165, 1.54) is 6.07 Å². The Morgan fingerprint density at radius 2 is 1.86 bits per heavy atom. The van der Waals surface area contributed by atoms with Crippen LogP contribution < -0.4 is 9.64 Å². The molecule has 1 aromatic heterocycles. The summed E-state index contributed by atoms with van der Waals surface area (Å²) in [7, 11) is 0. The predicted molar refractivity (Wildman–Crippen MR) is 103 cm³/mol. The summed E-state index contributed by atoms with van der Waals surface area (Å²) in [5.41, 5.74) is -0.668. The fourth-order valence-corrected chi connectivity index (χ4v) is 3.60. The number of carbonyl (C=O) groups is 1. The van der Waals surface area contributed by atoms with Gasteiger partial charge < -0.3 is 23.7 Å². The minimum Gasteiger partial charge on any atom is -0.444 e. The second kappa shape index (κ2) is 7.75. The summed E-state index contributed by atoms with van der Waals surface area (Å²) in [4.78, 5) is 19.6. The van der Waals surface area contributed by atoms with Crippen molar-refractivity contribution in [3.05, 3.63) is 15.6 Å². The van der Waals surface area contributed by atoms with Crippen molar-refractivity contribution in [2.75, 3.05) is 31.1 Å². The molecule has 2 aromatic rings. The number of amides is 1. The van der Waals surface area contributed by atoms with E-state index < -0.39 is 23.8 Å². The van der Waals surface area contributed by atoms with Crippen LogP contribution in [0, 0.1) is 0 Å². The number of nitrogens with zero attached hydrogens (tertiary/aromatic N) is 3. The molecule has 1 aliphatic rings. The summed E-state index contributed by atoms with van der Waals surface area (Å²) in [5, 5.41) is -0.253. The maximum absolute atomic E-state index is 12.7. The standard InChI is InChI=1S/C17H18BrClF3N3O4/c1-16(2,3)29-15(26)25-6-4-24(5-7-25)14-23-11-12(27-14)9(18)8-10(19)13(11)28-17(20,21)22/h8H,4-7H2,1-3H3. The van der Waals surface area contributed by atoms with E-state index >= 15 is 0 Å². The van der Waals surface area contributed by atoms with Crippen molar-refractivity contribution in [2.24, 2.45) is 0 Å². The smallest absolute Gasteiger partial charge is 0.444 e. The van der Waals surface area contributed by atoms with Gasteiger partial charge >= 0.3 is 12.5 Å². The maximum Gasteiger partial charge on any atom is 0.573 e. The zero-order valence-corrected chi connectivity index (χ0v) is 18.1. The van der Waals surface area contributed by atoms with Crippen molar-refractivity contribution in [1.29, 1.82) is 0 Å². The predicted octanol–water partition coefficient (Wildman–Crippen LogP) is 5.20. The molecule has 2 heterocycles. The lowest BCUT2D eigenvalue weighted by Crippen LogP contribution is -2.50. The van der Waals surface area contributed by atoms with Gasteiger partial charge in [-0.15, -0.1) is 13.2 Å². The maximum atomic E-state index is 12.7.